The number of nitrogens with zero attached hydrogens (tertiary/aromatic N) is 3. The van der Waals surface area contributed by atoms with Gasteiger partial charge in [0.05, 0.1) is 7.11 Å². The lowest BCUT2D eigenvalue weighted by Gasteiger charge is -2.22. The van der Waals surface area contributed by atoms with Crippen molar-refractivity contribution in [3.05, 3.63) is 101 Å². The van der Waals surface area contributed by atoms with Gasteiger partial charge in [0, 0.05) is 37.5 Å². The normalized spacial score (nSPS) is 11.9. The van der Waals surface area contributed by atoms with Crippen molar-refractivity contribution in [2.45, 2.75) is 78.5 Å². The molecule has 4 aromatic rings. The highest BCUT2D eigenvalue weighted by atomic mass is 16.6. The summed E-state index contributed by atoms with van der Waals surface area (Å²) in [6.45, 7) is 10.2. The molecule has 0 aliphatic carbocycles. The van der Waals surface area contributed by atoms with Crippen molar-refractivity contribution >= 4 is 11.9 Å². The molecule has 44 heavy (non-hydrogen) atoms. The number of benzene rings is 2. The van der Waals surface area contributed by atoms with Crippen LogP contribution >= 0.6 is 0 Å². The Morgan fingerprint density at radius 2 is 1.52 bits per heavy atom. The van der Waals surface area contributed by atoms with E-state index in [9.17, 15) is 4.79 Å². The molecule has 2 aromatic carbocycles. The number of nitrogens with one attached hydrogen (secondary N) is 2. The monoisotopic (exact) mass is 597 g/mol. The molecule has 0 fully saturated rings. The van der Waals surface area contributed by atoms with Gasteiger partial charge in [-0.2, -0.15) is 4.98 Å². The molecule has 0 saturated carbocycles. The fourth-order valence-electron chi connectivity index (χ4n) is 4.46. The Balaban J connectivity index is 1.43. The molecule has 232 valence electrons. The highest BCUT2D eigenvalue weighted by Gasteiger charge is 2.18. The molecule has 2 N–H and O–H groups in total. The second-order valence-electron chi connectivity index (χ2n) is 11.8. The molecule has 9 heteroatoms. The molecule has 9 nitrogen and oxygen atoms in total. The van der Waals surface area contributed by atoms with E-state index in [1.807, 2.05) is 101 Å². The minimum absolute atomic E-state index is 0.0866. The van der Waals surface area contributed by atoms with Crippen molar-refractivity contribution in [2.24, 2.45) is 0 Å². The van der Waals surface area contributed by atoms with E-state index in [0.717, 1.165) is 46.7 Å². The maximum Gasteiger partial charge on any atom is 0.407 e. The summed E-state index contributed by atoms with van der Waals surface area (Å²) < 4.78 is 16.8. The number of carbonyl (C=O) groups is 1. The Bertz CT molecular complexity index is 1410. The van der Waals surface area contributed by atoms with Gasteiger partial charge in [-0.05, 0) is 99.5 Å². The van der Waals surface area contributed by atoms with E-state index in [0.29, 0.717) is 36.8 Å². The second kappa shape index (κ2) is 15.2. The average molecular weight is 598 g/mol. The van der Waals surface area contributed by atoms with Gasteiger partial charge in [0.1, 0.15) is 28.7 Å². The van der Waals surface area contributed by atoms with Crippen molar-refractivity contribution in [3.8, 4) is 17.4 Å². The Morgan fingerprint density at radius 3 is 2.16 bits per heavy atom. The molecule has 1 unspecified atom stereocenters. The Kier molecular flexibility index (Phi) is 11.1. The van der Waals surface area contributed by atoms with Gasteiger partial charge in [0.25, 0.3) is 0 Å². The lowest BCUT2D eigenvalue weighted by atomic mass is 10.1. The molecule has 2 heterocycles. The number of ether oxygens (including phenoxy) is 3. The zero-order valence-electron chi connectivity index (χ0n) is 26.5. The molecule has 2 aromatic heterocycles. The van der Waals surface area contributed by atoms with Crippen LogP contribution in [0.3, 0.4) is 0 Å². The Morgan fingerprint density at radius 1 is 0.864 bits per heavy atom. The smallest absolute Gasteiger partial charge is 0.407 e. The minimum Gasteiger partial charge on any atom is -0.497 e. The predicted octanol–water partition coefficient (Wildman–Crippen LogP) is 7.09. The van der Waals surface area contributed by atoms with Crippen LogP contribution in [0.2, 0.25) is 0 Å². The Hall–Kier alpha value is -4.66. The molecule has 0 spiro atoms. The highest BCUT2D eigenvalue weighted by molar-refractivity contribution is 5.68. The quantitative estimate of drug-likeness (QED) is 0.168. The van der Waals surface area contributed by atoms with Gasteiger partial charge in [-0.15, -0.1) is 0 Å². The van der Waals surface area contributed by atoms with Crippen molar-refractivity contribution in [1.29, 1.82) is 0 Å². The molecule has 1 atom stereocenters. The average Bonchev–Trinajstić information content (AvgIpc) is 2.99. The summed E-state index contributed by atoms with van der Waals surface area (Å²) in [5.74, 6) is 3.51. The first-order valence-corrected chi connectivity index (χ1v) is 15.0. The third-order valence-electron chi connectivity index (χ3n) is 6.75. The number of aromatic nitrogens is 3. The van der Waals surface area contributed by atoms with E-state index in [2.05, 4.69) is 27.5 Å². The van der Waals surface area contributed by atoms with Crippen LogP contribution in [0, 0.1) is 0 Å². The van der Waals surface area contributed by atoms with Crippen molar-refractivity contribution in [1.82, 2.24) is 20.3 Å². The van der Waals surface area contributed by atoms with Gasteiger partial charge >= 0.3 is 6.09 Å². The number of pyridine rings is 1. The van der Waals surface area contributed by atoms with Gasteiger partial charge in [-0.25, -0.2) is 14.8 Å². The van der Waals surface area contributed by atoms with Gasteiger partial charge in [0.2, 0.25) is 5.88 Å². The molecule has 0 aliphatic heterocycles. The van der Waals surface area contributed by atoms with Crippen LogP contribution < -0.4 is 20.1 Å². The summed E-state index contributed by atoms with van der Waals surface area (Å²) in [5.41, 5.74) is 3.83. The van der Waals surface area contributed by atoms with E-state index >= 15 is 0 Å². The summed E-state index contributed by atoms with van der Waals surface area (Å²) in [6, 6.07) is 19.7. The van der Waals surface area contributed by atoms with Crippen LogP contribution in [0.15, 0.2) is 73.1 Å². The number of anilines is 1. The van der Waals surface area contributed by atoms with Gasteiger partial charge in [-0.3, -0.25) is 0 Å². The van der Waals surface area contributed by atoms with Crippen LogP contribution in [0.5, 0.6) is 17.4 Å². The van der Waals surface area contributed by atoms with Gasteiger partial charge in [0.15, 0.2) is 0 Å². The van der Waals surface area contributed by atoms with Crippen LogP contribution in [0.4, 0.5) is 10.6 Å². The molecule has 0 bridgehead atoms. The number of rotatable bonds is 13. The number of hydrogen-bond acceptors (Lipinski definition) is 8. The number of methoxy groups -OCH3 is 1. The van der Waals surface area contributed by atoms with E-state index < -0.39 is 11.7 Å². The SMILES string of the molecule is CCc1cnc(CCc2cc(NCc3ccc(OC)cc3)nc(Oc3ccc(CC(C)NC(=O)OC(C)(C)C)cc3)c2)nc1. The van der Waals surface area contributed by atoms with Gasteiger partial charge in [-0.1, -0.05) is 31.2 Å². The first-order valence-electron chi connectivity index (χ1n) is 15.0. The standard InChI is InChI=1S/C35H43N5O4/c1-7-25-21-36-31(37-22-25)17-12-28-19-32(38-23-27-10-13-29(42-6)14-11-27)40-33(20-28)43-30-15-8-26(9-16-30)18-24(2)39-34(41)44-35(3,4)5/h8-11,13-16,19-22,24H,7,12,17-18,23H2,1-6H3,(H,38,40)(H,39,41). The van der Waals surface area contributed by atoms with Crippen molar-refractivity contribution in [3.63, 3.8) is 0 Å². The zero-order chi connectivity index (χ0) is 31.5. The largest absolute Gasteiger partial charge is 0.497 e. The van der Waals surface area contributed by atoms with Crippen LogP contribution in [0.25, 0.3) is 0 Å². The summed E-state index contributed by atoms with van der Waals surface area (Å²) in [5, 5.41) is 6.32. The predicted molar refractivity (Wildman–Crippen MR) is 172 cm³/mol. The summed E-state index contributed by atoms with van der Waals surface area (Å²) in [4.78, 5) is 25.9. The van der Waals surface area contributed by atoms with Crippen LogP contribution in [-0.2, 0) is 37.0 Å². The fourth-order valence-corrected chi connectivity index (χ4v) is 4.46. The molecule has 1 amide bonds. The Labute approximate surface area is 260 Å². The van der Waals surface area contributed by atoms with Gasteiger partial charge < -0.3 is 24.8 Å². The molecular formula is C35H43N5O4. The van der Waals surface area contributed by atoms with E-state index in [4.69, 9.17) is 19.2 Å². The lowest BCUT2D eigenvalue weighted by Crippen LogP contribution is -2.38. The highest BCUT2D eigenvalue weighted by Crippen LogP contribution is 2.25. The minimum atomic E-state index is -0.534. The number of alkyl carbamates (subject to hydrolysis) is 1. The molecule has 0 radical (unpaired) electrons. The topological polar surface area (TPSA) is 107 Å². The molecule has 4 rings (SSSR count). The number of amides is 1. The molecule has 0 aliphatic rings. The van der Waals surface area contributed by atoms with Crippen LogP contribution in [0.1, 0.15) is 62.7 Å². The van der Waals surface area contributed by atoms with Crippen molar-refractivity contribution < 1.29 is 19.0 Å². The van der Waals surface area contributed by atoms with Crippen LogP contribution in [-0.4, -0.2) is 39.8 Å². The second-order valence-corrected chi connectivity index (χ2v) is 11.8. The third kappa shape index (κ3) is 10.6. The number of aryl methyl sites for hydroxylation is 3. The first kappa shape index (κ1) is 32.3. The van der Waals surface area contributed by atoms with E-state index in [1.165, 1.54) is 0 Å². The fraction of sp³-hybridized carbons (Fsp3) is 0.371. The number of carbonyl (C=O) groups excluding carboxylic acids is 1. The molecule has 0 saturated heterocycles. The summed E-state index contributed by atoms with van der Waals surface area (Å²) >= 11 is 0. The van der Waals surface area contributed by atoms with E-state index in [1.54, 1.807) is 7.11 Å². The summed E-state index contributed by atoms with van der Waals surface area (Å²) in [7, 11) is 1.66. The number of hydrogen-bond donors (Lipinski definition) is 2. The molecular weight excluding hydrogens is 554 g/mol. The van der Waals surface area contributed by atoms with Crippen molar-refractivity contribution in [2.75, 3.05) is 12.4 Å². The van der Waals surface area contributed by atoms with E-state index in [-0.39, 0.29) is 6.04 Å². The third-order valence-corrected chi connectivity index (χ3v) is 6.75. The zero-order valence-corrected chi connectivity index (χ0v) is 26.5. The maximum absolute atomic E-state index is 12.1. The maximum atomic E-state index is 12.1. The first-order chi connectivity index (χ1) is 21.1. The summed E-state index contributed by atoms with van der Waals surface area (Å²) in [6.07, 6.45) is 6.38. The lowest BCUT2D eigenvalue weighted by molar-refractivity contribution is 0.0508.